The Morgan fingerprint density at radius 1 is 1.10 bits per heavy atom. The minimum atomic E-state index is -0.106. The lowest BCUT2D eigenvalue weighted by Gasteiger charge is -2.37. The molecule has 30 heavy (non-hydrogen) atoms. The number of carbonyl (C=O) groups excluding carboxylic acids is 1. The molecule has 3 aromatic rings. The molecule has 2 aromatic carbocycles. The zero-order chi connectivity index (χ0) is 20.9. The van der Waals surface area contributed by atoms with Crippen LogP contribution in [0.5, 0.6) is 0 Å². The molecular formula is C24H29ClN4O. The van der Waals surface area contributed by atoms with Gasteiger partial charge in [-0.15, -0.1) is 0 Å². The monoisotopic (exact) mass is 424 g/mol. The van der Waals surface area contributed by atoms with E-state index in [1.807, 2.05) is 37.4 Å². The van der Waals surface area contributed by atoms with E-state index in [0.717, 1.165) is 49.7 Å². The van der Waals surface area contributed by atoms with Gasteiger partial charge in [0.15, 0.2) is 0 Å². The van der Waals surface area contributed by atoms with E-state index in [2.05, 4.69) is 44.4 Å². The molecule has 1 fully saturated rings. The second kappa shape index (κ2) is 9.65. The van der Waals surface area contributed by atoms with E-state index in [0.29, 0.717) is 6.54 Å². The van der Waals surface area contributed by atoms with Crippen LogP contribution in [-0.2, 0) is 17.8 Å². The Labute approximate surface area is 183 Å². The first-order chi connectivity index (χ1) is 14.6. The first kappa shape index (κ1) is 20.9. The summed E-state index contributed by atoms with van der Waals surface area (Å²) in [6.07, 6.45) is 2.87. The molecule has 2 heterocycles. The molecule has 1 amide bonds. The van der Waals surface area contributed by atoms with Gasteiger partial charge >= 0.3 is 0 Å². The fraction of sp³-hybridized carbons (Fsp3) is 0.375. The number of amides is 1. The average molecular weight is 425 g/mol. The number of fused-ring (bicyclic) bond motifs is 1. The Bertz CT molecular complexity index is 976. The number of nitrogens with one attached hydrogen (secondary N) is 2. The van der Waals surface area contributed by atoms with Crippen molar-refractivity contribution < 1.29 is 4.79 Å². The molecule has 1 aliphatic heterocycles. The van der Waals surface area contributed by atoms with E-state index in [4.69, 9.17) is 11.6 Å². The van der Waals surface area contributed by atoms with Crippen molar-refractivity contribution in [2.75, 3.05) is 32.7 Å². The van der Waals surface area contributed by atoms with Crippen molar-refractivity contribution >= 4 is 28.4 Å². The van der Waals surface area contributed by atoms with Crippen molar-refractivity contribution in [3.63, 3.8) is 0 Å². The lowest BCUT2D eigenvalue weighted by Crippen LogP contribution is -2.53. The standard InChI is InChI=1S/C24H29ClN4O/c1-18(24(30)26-11-10-20-16-27-23-5-3-2-4-22(20)23)29-14-12-28(13-15-29)17-19-6-8-21(25)9-7-19/h2-9,16,18,27H,10-15,17H2,1H3,(H,26,30). The number of carbonyl (C=O) groups is 1. The number of halogens is 1. The fourth-order valence-corrected chi connectivity index (χ4v) is 4.26. The number of hydrogen-bond donors (Lipinski definition) is 2. The number of aromatic amines is 1. The maximum Gasteiger partial charge on any atom is 0.237 e. The van der Waals surface area contributed by atoms with Crippen LogP contribution in [0.1, 0.15) is 18.1 Å². The summed E-state index contributed by atoms with van der Waals surface area (Å²) < 4.78 is 0. The van der Waals surface area contributed by atoms with Gasteiger partial charge in [0, 0.05) is 61.4 Å². The number of nitrogens with zero attached hydrogens (tertiary/aromatic N) is 2. The largest absolute Gasteiger partial charge is 0.361 e. The molecular weight excluding hydrogens is 396 g/mol. The van der Waals surface area contributed by atoms with Gasteiger partial charge in [0.05, 0.1) is 6.04 Å². The summed E-state index contributed by atoms with van der Waals surface area (Å²) in [5, 5.41) is 5.12. The quantitative estimate of drug-likeness (QED) is 0.608. The number of rotatable bonds is 7. The van der Waals surface area contributed by atoms with E-state index >= 15 is 0 Å². The van der Waals surface area contributed by atoms with Crippen molar-refractivity contribution in [1.29, 1.82) is 0 Å². The lowest BCUT2D eigenvalue weighted by atomic mass is 10.1. The van der Waals surface area contributed by atoms with Crippen LogP contribution in [0.3, 0.4) is 0 Å². The molecule has 0 spiro atoms. The van der Waals surface area contributed by atoms with Crippen LogP contribution in [0.25, 0.3) is 10.9 Å². The molecule has 0 aliphatic carbocycles. The highest BCUT2D eigenvalue weighted by Gasteiger charge is 2.25. The topological polar surface area (TPSA) is 51.4 Å². The minimum Gasteiger partial charge on any atom is -0.361 e. The number of H-pyrrole nitrogens is 1. The van der Waals surface area contributed by atoms with Gasteiger partial charge in [0.2, 0.25) is 5.91 Å². The Morgan fingerprint density at radius 3 is 2.60 bits per heavy atom. The highest BCUT2D eigenvalue weighted by Crippen LogP contribution is 2.18. The molecule has 2 N–H and O–H groups in total. The molecule has 1 saturated heterocycles. The molecule has 1 unspecified atom stereocenters. The molecule has 6 heteroatoms. The summed E-state index contributed by atoms with van der Waals surface area (Å²) in [6.45, 7) is 7.34. The molecule has 1 aliphatic rings. The normalized spacial score (nSPS) is 16.6. The first-order valence-electron chi connectivity index (χ1n) is 10.6. The zero-order valence-corrected chi connectivity index (χ0v) is 18.2. The average Bonchev–Trinajstić information content (AvgIpc) is 3.18. The van der Waals surface area contributed by atoms with Crippen LogP contribution < -0.4 is 5.32 Å². The molecule has 0 saturated carbocycles. The third-order valence-electron chi connectivity index (χ3n) is 6.02. The predicted octanol–water partition coefficient (Wildman–Crippen LogP) is 3.69. The highest BCUT2D eigenvalue weighted by atomic mass is 35.5. The zero-order valence-electron chi connectivity index (χ0n) is 17.4. The van der Waals surface area contributed by atoms with Crippen molar-refractivity contribution in [1.82, 2.24) is 20.1 Å². The molecule has 4 rings (SSSR count). The first-order valence-corrected chi connectivity index (χ1v) is 11.0. The highest BCUT2D eigenvalue weighted by molar-refractivity contribution is 6.30. The number of hydrogen-bond acceptors (Lipinski definition) is 3. The summed E-state index contributed by atoms with van der Waals surface area (Å²) in [5.74, 6) is 0.112. The van der Waals surface area contributed by atoms with Crippen LogP contribution >= 0.6 is 11.6 Å². The van der Waals surface area contributed by atoms with E-state index in [9.17, 15) is 4.79 Å². The number of para-hydroxylation sites is 1. The third-order valence-corrected chi connectivity index (χ3v) is 6.27. The molecule has 1 atom stereocenters. The molecule has 1 aromatic heterocycles. The van der Waals surface area contributed by atoms with E-state index in [1.165, 1.54) is 16.5 Å². The maximum atomic E-state index is 12.7. The Morgan fingerprint density at radius 2 is 1.83 bits per heavy atom. The Hall–Kier alpha value is -2.34. The van der Waals surface area contributed by atoms with Gasteiger partial charge < -0.3 is 10.3 Å². The van der Waals surface area contributed by atoms with E-state index < -0.39 is 0 Å². The van der Waals surface area contributed by atoms with Crippen LogP contribution in [0.2, 0.25) is 5.02 Å². The molecule has 5 nitrogen and oxygen atoms in total. The minimum absolute atomic E-state index is 0.106. The Kier molecular flexibility index (Phi) is 6.72. The van der Waals surface area contributed by atoms with Crippen molar-refractivity contribution in [3.05, 3.63) is 70.9 Å². The third kappa shape index (κ3) is 5.04. The van der Waals surface area contributed by atoms with Gasteiger partial charge in [0.1, 0.15) is 0 Å². The summed E-state index contributed by atoms with van der Waals surface area (Å²) >= 11 is 5.97. The number of aromatic nitrogens is 1. The number of piperazine rings is 1. The SMILES string of the molecule is CC(C(=O)NCCc1c[nH]c2ccccc12)N1CCN(Cc2ccc(Cl)cc2)CC1. The van der Waals surface area contributed by atoms with Crippen molar-refractivity contribution in [2.24, 2.45) is 0 Å². The lowest BCUT2D eigenvalue weighted by molar-refractivity contribution is -0.126. The van der Waals surface area contributed by atoms with Gasteiger partial charge in [-0.05, 0) is 42.7 Å². The van der Waals surface area contributed by atoms with Gasteiger partial charge in [-0.1, -0.05) is 41.9 Å². The van der Waals surface area contributed by atoms with Gasteiger partial charge in [0.25, 0.3) is 0 Å². The smallest absolute Gasteiger partial charge is 0.237 e. The van der Waals surface area contributed by atoms with Crippen LogP contribution in [0, 0.1) is 0 Å². The molecule has 0 bridgehead atoms. The van der Waals surface area contributed by atoms with E-state index in [-0.39, 0.29) is 11.9 Å². The summed E-state index contributed by atoms with van der Waals surface area (Å²) in [6, 6.07) is 16.2. The van der Waals surface area contributed by atoms with Crippen molar-refractivity contribution in [2.45, 2.75) is 25.9 Å². The summed E-state index contributed by atoms with van der Waals surface area (Å²) in [5.41, 5.74) is 3.66. The summed E-state index contributed by atoms with van der Waals surface area (Å²) in [4.78, 5) is 20.7. The Balaban J connectivity index is 1.21. The van der Waals surface area contributed by atoms with Crippen LogP contribution in [0.4, 0.5) is 0 Å². The van der Waals surface area contributed by atoms with E-state index in [1.54, 1.807) is 0 Å². The maximum absolute atomic E-state index is 12.7. The predicted molar refractivity (Wildman–Crippen MR) is 123 cm³/mol. The van der Waals surface area contributed by atoms with Crippen LogP contribution in [-0.4, -0.2) is 59.5 Å². The van der Waals surface area contributed by atoms with Gasteiger partial charge in [-0.3, -0.25) is 14.6 Å². The second-order valence-corrected chi connectivity index (χ2v) is 8.45. The van der Waals surface area contributed by atoms with Crippen LogP contribution in [0.15, 0.2) is 54.7 Å². The van der Waals surface area contributed by atoms with Crippen molar-refractivity contribution in [3.8, 4) is 0 Å². The fourth-order valence-electron chi connectivity index (χ4n) is 4.13. The number of benzene rings is 2. The van der Waals surface area contributed by atoms with Gasteiger partial charge in [-0.2, -0.15) is 0 Å². The molecule has 158 valence electrons. The summed E-state index contributed by atoms with van der Waals surface area (Å²) in [7, 11) is 0. The molecule has 0 radical (unpaired) electrons. The second-order valence-electron chi connectivity index (χ2n) is 8.02. The van der Waals surface area contributed by atoms with Gasteiger partial charge in [-0.25, -0.2) is 0 Å².